The Kier molecular flexibility index (Phi) is 10.1. The van der Waals surface area contributed by atoms with Crippen molar-refractivity contribution in [2.24, 2.45) is 11.8 Å². The van der Waals surface area contributed by atoms with Crippen molar-refractivity contribution in [3.63, 3.8) is 0 Å². The Hall–Kier alpha value is -4.24. The van der Waals surface area contributed by atoms with Crippen LogP contribution in [0, 0.1) is 24.6 Å². The van der Waals surface area contributed by atoms with Crippen LogP contribution in [0.1, 0.15) is 58.5 Å². The predicted molar refractivity (Wildman–Crippen MR) is 166 cm³/mol. The highest BCUT2D eigenvalue weighted by Gasteiger charge is 2.46. The van der Waals surface area contributed by atoms with E-state index in [1.54, 1.807) is 67.6 Å². The van der Waals surface area contributed by atoms with Gasteiger partial charge >= 0.3 is 6.09 Å². The van der Waals surface area contributed by atoms with E-state index < -0.39 is 35.2 Å². The van der Waals surface area contributed by atoms with E-state index in [0.29, 0.717) is 40.3 Å². The average Bonchev–Trinajstić information content (AvgIpc) is 3.00. The highest BCUT2D eigenvalue weighted by atomic mass is 19.1. The maximum Gasteiger partial charge on any atom is 0.407 e. The quantitative estimate of drug-likeness (QED) is 0.270. The van der Waals surface area contributed by atoms with Gasteiger partial charge in [-0.3, -0.25) is 9.59 Å². The Morgan fingerprint density at radius 2 is 1.39 bits per heavy atom. The number of likely N-dealkylation sites (tertiary alicyclic amines) is 1. The number of carbonyl (C=O) groups is 3. The molecule has 0 aromatic heterocycles. The van der Waals surface area contributed by atoms with Crippen LogP contribution in [-0.2, 0) is 0 Å². The summed E-state index contributed by atoms with van der Waals surface area (Å²) in [7, 11) is 3.05. The summed E-state index contributed by atoms with van der Waals surface area (Å²) in [6, 6.07) is 18.5. The second-order valence-corrected chi connectivity index (χ2v) is 12.2. The number of nitrogens with zero attached hydrogens (tertiary/aromatic N) is 2. The largest absolute Gasteiger partial charge is 0.497 e. The molecule has 0 aliphatic carbocycles. The van der Waals surface area contributed by atoms with Gasteiger partial charge < -0.3 is 24.4 Å². The van der Waals surface area contributed by atoms with Crippen molar-refractivity contribution in [1.82, 2.24) is 9.80 Å². The fourth-order valence-corrected chi connectivity index (χ4v) is 6.17. The lowest BCUT2D eigenvalue weighted by molar-refractivity contribution is 0.0485. The Bertz CT molecular complexity index is 1450. The van der Waals surface area contributed by atoms with Crippen LogP contribution in [0.4, 0.5) is 9.18 Å². The minimum atomic E-state index is -1.05. The number of hydrogen-bond donors (Lipinski definition) is 1. The first-order chi connectivity index (χ1) is 20.8. The molecule has 1 amide bonds. The first-order valence-electron chi connectivity index (χ1n) is 14.7. The van der Waals surface area contributed by atoms with E-state index in [2.05, 4.69) is 0 Å². The Labute approximate surface area is 258 Å². The van der Waals surface area contributed by atoms with Crippen molar-refractivity contribution in [1.29, 1.82) is 0 Å². The van der Waals surface area contributed by atoms with Crippen LogP contribution < -0.4 is 9.47 Å². The van der Waals surface area contributed by atoms with Crippen molar-refractivity contribution < 1.29 is 33.4 Å². The van der Waals surface area contributed by atoms with E-state index in [1.165, 1.54) is 25.2 Å². The van der Waals surface area contributed by atoms with Gasteiger partial charge in [0.15, 0.2) is 11.6 Å². The summed E-state index contributed by atoms with van der Waals surface area (Å²) in [4.78, 5) is 44.2. The molecule has 1 heterocycles. The van der Waals surface area contributed by atoms with Gasteiger partial charge in [-0.05, 0) is 69.2 Å². The second-order valence-electron chi connectivity index (χ2n) is 12.2. The van der Waals surface area contributed by atoms with Crippen molar-refractivity contribution in [2.45, 2.75) is 39.2 Å². The van der Waals surface area contributed by atoms with Crippen LogP contribution in [0.15, 0.2) is 66.7 Å². The summed E-state index contributed by atoms with van der Waals surface area (Å²) in [5.41, 5.74) is 1.19. The number of hydrogen-bond acceptors (Lipinski definition) is 6. The third-order valence-electron chi connectivity index (χ3n) is 8.51. The van der Waals surface area contributed by atoms with Crippen LogP contribution in [-0.4, -0.2) is 78.5 Å². The van der Waals surface area contributed by atoms with Crippen LogP contribution >= 0.6 is 0 Å². The normalized spacial score (nSPS) is 17.6. The third kappa shape index (κ3) is 7.10. The molecule has 3 aromatic rings. The van der Waals surface area contributed by atoms with Gasteiger partial charge in [0, 0.05) is 60.6 Å². The van der Waals surface area contributed by atoms with Crippen molar-refractivity contribution in [3.8, 4) is 11.5 Å². The molecule has 44 heavy (non-hydrogen) atoms. The number of halogens is 1. The maximum absolute atomic E-state index is 15.0. The SMILES string of the molecule is COc1cccc(C(=O)[C@H]2CN(CCN(C(=O)O)C(C)(C)C)C[C@H](C(=O)c3cccc(OC)c3)C2c2cccc(F)c2C)c1. The first-order valence-corrected chi connectivity index (χ1v) is 14.7. The minimum Gasteiger partial charge on any atom is -0.497 e. The highest BCUT2D eigenvalue weighted by Crippen LogP contribution is 2.43. The molecule has 234 valence electrons. The van der Waals surface area contributed by atoms with E-state index in [-0.39, 0.29) is 31.2 Å². The van der Waals surface area contributed by atoms with Gasteiger partial charge in [0.2, 0.25) is 0 Å². The molecule has 0 spiro atoms. The maximum atomic E-state index is 15.0. The Balaban J connectivity index is 1.84. The molecular formula is C35H41FN2O6. The van der Waals surface area contributed by atoms with E-state index in [9.17, 15) is 19.5 Å². The fraction of sp³-hybridized carbons (Fsp3) is 0.400. The van der Waals surface area contributed by atoms with E-state index in [1.807, 2.05) is 25.7 Å². The fourth-order valence-electron chi connectivity index (χ4n) is 6.17. The number of carbonyl (C=O) groups excluding carboxylic acids is 2. The monoisotopic (exact) mass is 604 g/mol. The summed E-state index contributed by atoms with van der Waals surface area (Å²) in [5, 5.41) is 9.90. The number of benzene rings is 3. The number of carboxylic acid groups (broad SMARTS) is 1. The van der Waals surface area contributed by atoms with Gasteiger partial charge in [-0.25, -0.2) is 9.18 Å². The zero-order valence-electron chi connectivity index (χ0n) is 26.2. The molecule has 0 unspecified atom stereocenters. The molecule has 2 atom stereocenters. The van der Waals surface area contributed by atoms with Gasteiger partial charge in [-0.1, -0.05) is 36.4 Å². The zero-order chi connectivity index (χ0) is 32.2. The van der Waals surface area contributed by atoms with E-state index in [0.717, 1.165) is 0 Å². The van der Waals surface area contributed by atoms with Crippen LogP contribution in [0.5, 0.6) is 11.5 Å². The first kappa shape index (κ1) is 32.7. The van der Waals surface area contributed by atoms with Crippen molar-refractivity contribution in [2.75, 3.05) is 40.4 Å². The van der Waals surface area contributed by atoms with Crippen molar-refractivity contribution in [3.05, 3.63) is 94.8 Å². The molecule has 0 bridgehead atoms. The molecule has 8 nitrogen and oxygen atoms in total. The van der Waals surface area contributed by atoms with Gasteiger partial charge in [0.1, 0.15) is 17.3 Å². The number of piperidine rings is 1. The smallest absolute Gasteiger partial charge is 0.407 e. The van der Waals surface area contributed by atoms with Gasteiger partial charge in [-0.2, -0.15) is 0 Å². The van der Waals surface area contributed by atoms with E-state index >= 15 is 4.39 Å². The summed E-state index contributed by atoms with van der Waals surface area (Å²) in [6.07, 6.45) is -1.05. The number of ether oxygens (including phenoxy) is 2. The summed E-state index contributed by atoms with van der Waals surface area (Å²) in [5.74, 6) is -1.87. The van der Waals surface area contributed by atoms with Gasteiger partial charge in [0.25, 0.3) is 0 Å². The molecule has 0 radical (unpaired) electrons. The molecule has 0 saturated carbocycles. The molecule has 1 aliphatic rings. The van der Waals surface area contributed by atoms with Gasteiger partial charge in [-0.15, -0.1) is 0 Å². The van der Waals surface area contributed by atoms with Gasteiger partial charge in [0.05, 0.1) is 14.2 Å². The molecule has 9 heteroatoms. The zero-order valence-corrected chi connectivity index (χ0v) is 26.2. The number of amides is 1. The predicted octanol–water partition coefficient (Wildman–Crippen LogP) is 6.33. The number of Topliss-reactive ketones (excluding diaryl/α,β-unsaturated/α-hetero) is 2. The molecule has 1 aliphatic heterocycles. The molecular weight excluding hydrogens is 563 g/mol. The molecule has 1 fully saturated rings. The molecule has 1 saturated heterocycles. The highest BCUT2D eigenvalue weighted by molar-refractivity contribution is 6.02. The minimum absolute atomic E-state index is 0.183. The number of methoxy groups -OCH3 is 2. The van der Waals surface area contributed by atoms with Crippen molar-refractivity contribution >= 4 is 17.7 Å². The lowest BCUT2D eigenvalue weighted by Gasteiger charge is -2.44. The standard InChI is InChI=1S/C35H41FN2O6/c1-22-27(14-9-15-30(22)36)31-28(32(39)23-10-7-12-25(18-23)43-5)20-37(16-17-38(34(41)42)35(2,3)4)21-29(31)33(40)24-11-8-13-26(19-24)44-6/h7-15,18-19,28-29,31H,16-17,20-21H2,1-6H3,(H,41,42)/t28-,29-/m0/s1. The Morgan fingerprint density at radius 1 is 0.886 bits per heavy atom. The number of ketones is 2. The second kappa shape index (κ2) is 13.6. The van der Waals surface area contributed by atoms with E-state index in [4.69, 9.17) is 9.47 Å². The average molecular weight is 605 g/mol. The third-order valence-corrected chi connectivity index (χ3v) is 8.51. The molecule has 3 aromatic carbocycles. The lowest BCUT2D eigenvalue weighted by atomic mass is 9.67. The Morgan fingerprint density at radius 3 is 1.84 bits per heavy atom. The summed E-state index contributed by atoms with van der Waals surface area (Å²) >= 11 is 0. The number of rotatable bonds is 10. The van der Waals surface area contributed by atoms with Crippen LogP contribution in [0.2, 0.25) is 0 Å². The topological polar surface area (TPSA) is 96.4 Å². The molecule has 1 N–H and O–H groups in total. The lowest BCUT2D eigenvalue weighted by Crippen LogP contribution is -2.54. The summed E-state index contributed by atoms with van der Waals surface area (Å²) in [6.45, 7) is 8.15. The summed E-state index contributed by atoms with van der Waals surface area (Å²) < 4.78 is 25.8. The van der Waals surface area contributed by atoms with Crippen LogP contribution in [0.25, 0.3) is 0 Å². The van der Waals surface area contributed by atoms with Crippen LogP contribution in [0.3, 0.4) is 0 Å². The molecule has 4 rings (SSSR count).